The zero-order chi connectivity index (χ0) is 16.1. The first-order valence-electron chi connectivity index (χ1n) is 7.89. The highest BCUT2D eigenvalue weighted by atomic mass is 35.5. The molecule has 1 atom stereocenters. The van der Waals surface area contributed by atoms with Crippen LogP contribution in [0.4, 0.5) is 0 Å². The number of hydrogen-bond acceptors (Lipinski definition) is 3. The molecule has 1 aliphatic heterocycles. The lowest BCUT2D eigenvalue weighted by molar-refractivity contribution is 0.0737. The van der Waals surface area contributed by atoms with E-state index in [0.29, 0.717) is 17.7 Å². The van der Waals surface area contributed by atoms with Gasteiger partial charge in [0.25, 0.3) is 11.8 Å². The zero-order valence-corrected chi connectivity index (χ0v) is 14.9. The molecular formula is C17H26ClN3O2. The Bertz CT molecular complexity index is 550. The Labute approximate surface area is 144 Å². The summed E-state index contributed by atoms with van der Waals surface area (Å²) in [4.78, 5) is 28.5. The van der Waals surface area contributed by atoms with E-state index in [4.69, 9.17) is 0 Å². The SMILES string of the molecule is CCN(C)C(=O)c1cccc(C(=O)N2CCCC2CNC)c1.Cl. The number of hydrogen-bond donors (Lipinski definition) is 1. The van der Waals surface area contributed by atoms with Crippen LogP contribution in [0.1, 0.15) is 40.5 Å². The number of rotatable bonds is 5. The van der Waals surface area contributed by atoms with Crippen molar-refractivity contribution in [2.24, 2.45) is 0 Å². The third-order valence-electron chi connectivity index (χ3n) is 4.26. The second-order valence-corrected chi connectivity index (χ2v) is 5.75. The molecule has 1 aliphatic rings. The van der Waals surface area contributed by atoms with Crippen molar-refractivity contribution in [3.63, 3.8) is 0 Å². The van der Waals surface area contributed by atoms with Crippen molar-refractivity contribution in [3.8, 4) is 0 Å². The minimum absolute atomic E-state index is 0. The zero-order valence-electron chi connectivity index (χ0n) is 14.0. The summed E-state index contributed by atoms with van der Waals surface area (Å²) in [6.07, 6.45) is 2.07. The molecule has 128 valence electrons. The number of amides is 2. The maximum atomic E-state index is 12.7. The fourth-order valence-electron chi connectivity index (χ4n) is 2.87. The molecule has 23 heavy (non-hydrogen) atoms. The van der Waals surface area contributed by atoms with Crippen molar-refractivity contribution in [3.05, 3.63) is 35.4 Å². The lowest BCUT2D eigenvalue weighted by Crippen LogP contribution is -2.40. The Hall–Kier alpha value is -1.59. The van der Waals surface area contributed by atoms with Crippen molar-refractivity contribution >= 4 is 24.2 Å². The van der Waals surface area contributed by atoms with Crippen LogP contribution in [0.3, 0.4) is 0 Å². The first-order chi connectivity index (χ1) is 10.6. The molecule has 0 saturated carbocycles. The largest absolute Gasteiger partial charge is 0.342 e. The molecular weight excluding hydrogens is 314 g/mol. The molecule has 1 fully saturated rings. The van der Waals surface area contributed by atoms with Gasteiger partial charge in [-0.25, -0.2) is 0 Å². The molecule has 6 heteroatoms. The van der Waals surface area contributed by atoms with Gasteiger partial charge in [0, 0.05) is 43.9 Å². The fourth-order valence-corrected chi connectivity index (χ4v) is 2.87. The van der Waals surface area contributed by atoms with Crippen LogP contribution in [0.5, 0.6) is 0 Å². The first kappa shape index (κ1) is 19.5. The molecule has 1 saturated heterocycles. The van der Waals surface area contributed by atoms with Crippen LogP contribution in [-0.4, -0.2) is 61.4 Å². The Morgan fingerprint density at radius 2 is 2.04 bits per heavy atom. The van der Waals surface area contributed by atoms with E-state index in [9.17, 15) is 9.59 Å². The fraction of sp³-hybridized carbons (Fsp3) is 0.529. The van der Waals surface area contributed by atoms with Crippen LogP contribution in [-0.2, 0) is 0 Å². The van der Waals surface area contributed by atoms with E-state index >= 15 is 0 Å². The van der Waals surface area contributed by atoms with Gasteiger partial charge in [0.2, 0.25) is 0 Å². The Morgan fingerprint density at radius 3 is 2.70 bits per heavy atom. The second kappa shape index (κ2) is 8.89. The monoisotopic (exact) mass is 339 g/mol. The predicted molar refractivity (Wildman–Crippen MR) is 94.3 cm³/mol. The van der Waals surface area contributed by atoms with Gasteiger partial charge in [0.05, 0.1) is 0 Å². The molecule has 1 N–H and O–H groups in total. The number of likely N-dealkylation sites (N-methyl/N-ethyl adjacent to an activating group) is 1. The predicted octanol–water partition coefficient (Wildman–Crippen LogP) is 2.02. The van der Waals surface area contributed by atoms with Crippen molar-refractivity contribution in [2.45, 2.75) is 25.8 Å². The van der Waals surface area contributed by atoms with Crippen molar-refractivity contribution in [1.29, 1.82) is 0 Å². The van der Waals surface area contributed by atoms with E-state index < -0.39 is 0 Å². The summed E-state index contributed by atoms with van der Waals surface area (Å²) in [6, 6.07) is 7.30. The normalized spacial score (nSPS) is 16.8. The van der Waals surface area contributed by atoms with Crippen LogP contribution in [0.25, 0.3) is 0 Å². The summed E-state index contributed by atoms with van der Waals surface area (Å²) >= 11 is 0. The molecule has 1 heterocycles. The molecule has 0 bridgehead atoms. The van der Waals surface area contributed by atoms with E-state index in [1.807, 2.05) is 18.9 Å². The smallest absolute Gasteiger partial charge is 0.254 e. The number of halogens is 1. The third-order valence-corrected chi connectivity index (χ3v) is 4.26. The lowest BCUT2D eigenvalue weighted by Gasteiger charge is -2.25. The van der Waals surface area contributed by atoms with Gasteiger partial charge in [-0.3, -0.25) is 9.59 Å². The summed E-state index contributed by atoms with van der Waals surface area (Å²) in [5.41, 5.74) is 1.16. The number of benzene rings is 1. The molecule has 5 nitrogen and oxygen atoms in total. The molecule has 2 amide bonds. The van der Waals surface area contributed by atoms with Crippen molar-refractivity contribution < 1.29 is 9.59 Å². The van der Waals surface area contributed by atoms with E-state index in [2.05, 4.69) is 5.32 Å². The van der Waals surface area contributed by atoms with Gasteiger partial charge in [-0.2, -0.15) is 0 Å². The summed E-state index contributed by atoms with van der Waals surface area (Å²) in [5, 5.41) is 3.14. The molecule has 0 aromatic heterocycles. The number of likely N-dealkylation sites (tertiary alicyclic amines) is 1. The van der Waals surface area contributed by atoms with Crippen molar-refractivity contribution in [1.82, 2.24) is 15.1 Å². The van der Waals surface area contributed by atoms with Gasteiger partial charge in [-0.05, 0) is 45.0 Å². The van der Waals surface area contributed by atoms with Crippen LogP contribution in [0.2, 0.25) is 0 Å². The standard InChI is InChI=1S/C17H25N3O2.ClH/c1-4-19(3)16(21)13-7-5-8-14(11-13)17(22)20-10-6-9-15(20)12-18-2;/h5,7-8,11,15,18H,4,6,9-10,12H2,1-3H3;1H. The van der Waals surface area contributed by atoms with E-state index in [1.165, 1.54) is 0 Å². The van der Waals surface area contributed by atoms with Crippen LogP contribution in [0.15, 0.2) is 24.3 Å². The van der Waals surface area contributed by atoms with Gasteiger partial charge in [0.15, 0.2) is 0 Å². The van der Waals surface area contributed by atoms with Crippen LogP contribution < -0.4 is 5.32 Å². The number of nitrogens with zero attached hydrogens (tertiary/aromatic N) is 2. The van der Waals surface area contributed by atoms with Crippen molar-refractivity contribution in [2.75, 3.05) is 33.7 Å². The minimum Gasteiger partial charge on any atom is -0.342 e. The molecule has 1 unspecified atom stereocenters. The average molecular weight is 340 g/mol. The number of carbonyl (C=O) groups excluding carboxylic acids is 2. The molecule has 1 aromatic rings. The summed E-state index contributed by atoms with van der Waals surface area (Å²) < 4.78 is 0. The maximum absolute atomic E-state index is 12.7. The highest BCUT2D eigenvalue weighted by Gasteiger charge is 2.29. The Balaban J connectivity index is 0.00000264. The van der Waals surface area contributed by atoms with E-state index in [1.54, 1.807) is 36.2 Å². The minimum atomic E-state index is -0.0506. The highest BCUT2D eigenvalue weighted by molar-refractivity contribution is 5.99. The quantitative estimate of drug-likeness (QED) is 0.893. The molecule has 1 aromatic carbocycles. The second-order valence-electron chi connectivity index (χ2n) is 5.75. The Morgan fingerprint density at radius 1 is 1.35 bits per heavy atom. The summed E-state index contributed by atoms with van der Waals surface area (Å²) in [6.45, 7) is 4.17. The highest BCUT2D eigenvalue weighted by Crippen LogP contribution is 2.20. The Kier molecular flexibility index (Phi) is 7.52. The van der Waals surface area contributed by atoms with E-state index in [0.717, 1.165) is 25.9 Å². The summed E-state index contributed by atoms with van der Waals surface area (Å²) in [5.74, 6) is -0.0306. The number of carbonyl (C=O) groups is 2. The topological polar surface area (TPSA) is 52.7 Å². The van der Waals surface area contributed by atoms with Crippen LogP contribution in [0, 0.1) is 0 Å². The van der Waals surface area contributed by atoms with Gasteiger partial charge in [0.1, 0.15) is 0 Å². The third kappa shape index (κ3) is 4.45. The van der Waals surface area contributed by atoms with Crippen LogP contribution >= 0.6 is 12.4 Å². The van der Waals surface area contributed by atoms with Gasteiger partial charge in [-0.15, -0.1) is 12.4 Å². The summed E-state index contributed by atoms with van der Waals surface area (Å²) in [7, 11) is 3.67. The molecule has 0 spiro atoms. The van der Waals surface area contributed by atoms with Gasteiger partial charge < -0.3 is 15.1 Å². The van der Waals surface area contributed by atoms with E-state index in [-0.39, 0.29) is 30.3 Å². The van der Waals surface area contributed by atoms with Gasteiger partial charge in [-0.1, -0.05) is 6.07 Å². The number of nitrogens with one attached hydrogen (secondary N) is 1. The average Bonchev–Trinajstić information content (AvgIpc) is 3.01. The van der Waals surface area contributed by atoms with Gasteiger partial charge >= 0.3 is 0 Å². The lowest BCUT2D eigenvalue weighted by atomic mass is 10.1. The first-order valence-corrected chi connectivity index (χ1v) is 7.89. The maximum Gasteiger partial charge on any atom is 0.254 e. The molecule has 2 rings (SSSR count). The molecule has 0 aliphatic carbocycles. The molecule has 0 radical (unpaired) electrons.